The fourth-order valence-corrected chi connectivity index (χ4v) is 1.15. The van der Waals surface area contributed by atoms with Crippen LogP contribution < -0.4 is 0 Å². The van der Waals surface area contributed by atoms with Crippen molar-refractivity contribution in [3.8, 4) is 0 Å². The Bertz CT molecular complexity index is 326. The standard InChI is InChI=1S/C9H13N.C5H8O2.ClH/c1-10(2)8-9-6-4-3-5-7-9;1-3-5(6)7-4-2;/h3-7H,8H2,1-2H3;3H,1,4H2,2H3;1H. The van der Waals surface area contributed by atoms with Gasteiger partial charge in [0.05, 0.1) is 6.61 Å². The summed E-state index contributed by atoms with van der Waals surface area (Å²) in [7, 11) is 4.15. The van der Waals surface area contributed by atoms with Crippen LogP contribution in [0, 0.1) is 0 Å². The Morgan fingerprint density at radius 1 is 1.33 bits per heavy atom. The molecule has 0 heterocycles. The summed E-state index contributed by atoms with van der Waals surface area (Å²) in [6.45, 7) is 6.41. The van der Waals surface area contributed by atoms with E-state index in [0.29, 0.717) is 6.61 Å². The molecule has 1 aromatic rings. The van der Waals surface area contributed by atoms with Gasteiger partial charge in [-0.2, -0.15) is 0 Å². The Kier molecular flexibility index (Phi) is 12.8. The number of ether oxygens (including phenoxy) is 1. The van der Waals surface area contributed by atoms with Gasteiger partial charge in [-0.3, -0.25) is 0 Å². The summed E-state index contributed by atoms with van der Waals surface area (Å²) in [6.07, 6.45) is 1.14. The molecule has 0 atom stereocenters. The first-order chi connectivity index (χ1) is 8.10. The molecule has 0 aromatic heterocycles. The second-order valence-corrected chi connectivity index (χ2v) is 3.68. The van der Waals surface area contributed by atoms with E-state index >= 15 is 0 Å². The van der Waals surface area contributed by atoms with Crippen LogP contribution in [0.3, 0.4) is 0 Å². The Balaban J connectivity index is 0. The maximum Gasteiger partial charge on any atom is 0.330 e. The summed E-state index contributed by atoms with van der Waals surface area (Å²) in [4.78, 5) is 12.2. The minimum absolute atomic E-state index is 0. The zero-order chi connectivity index (χ0) is 13.1. The molecule has 0 amide bonds. The third-order valence-corrected chi connectivity index (χ3v) is 1.79. The van der Waals surface area contributed by atoms with Crippen molar-refractivity contribution in [3.05, 3.63) is 48.6 Å². The quantitative estimate of drug-likeness (QED) is 0.623. The molecule has 0 unspecified atom stereocenters. The number of esters is 1. The van der Waals surface area contributed by atoms with Gasteiger partial charge in [0.25, 0.3) is 0 Å². The summed E-state index contributed by atoms with van der Waals surface area (Å²) in [6, 6.07) is 10.5. The van der Waals surface area contributed by atoms with Gasteiger partial charge in [-0.15, -0.1) is 12.4 Å². The molecule has 4 heteroatoms. The predicted octanol–water partition coefficient (Wildman–Crippen LogP) is 2.91. The molecule has 0 aliphatic carbocycles. The van der Waals surface area contributed by atoms with Crippen LogP contribution in [0.1, 0.15) is 12.5 Å². The lowest BCUT2D eigenvalue weighted by molar-refractivity contribution is -0.137. The molecule has 0 aliphatic heterocycles. The van der Waals surface area contributed by atoms with Gasteiger partial charge in [-0.1, -0.05) is 36.9 Å². The monoisotopic (exact) mass is 271 g/mol. The SMILES string of the molecule is C=CC(=O)OCC.CN(C)Cc1ccccc1.Cl. The van der Waals surface area contributed by atoms with Crippen LogP contribution in [-0.4, -0.2) is 31.6 Å². The van der Waals surface area contributed by atoms with Gasteiger partial charge in [0.15, 0.2) is 0 Å². The molecule has 0 radical (unpaired) electrons. The Morgan fingerprint density at radius 3 is 2.22 bits per heavy atom. The summed E-state index contributed by atoms with van der Waals surface area (Å²) in [5.41, 5.74) is 1.37. The van der Waals surface area contributed by atoms with E-state index in [9.17, 15) is 4.79 Å². The molecule has 1 rings (SSSR count). The Morgan fingerprint density at radius 2 is 1.89 bits per heavy atom. The maximum absolute atomic E-state index is 10.1. The molecule has 0 fully saturated rings. The van der Waals surface area contributed by atoms with E-state index in [1.54, 1.807) is 6.92 Å². The minimum atomic E-state index is -0.359. The zero-order valence-electron chi connectivity index (χ0n) is 11.3. The summed E-state index contributed by atoms with van der Waals surface area (Å²) in [5.74, 6) is -0.359. The fraction of sp³-hybridized carbons (Fsp3) is 0.357. The molecule has 0 saturated heterocycles. The van der Waals surface area contributed by atoms with Crippen molar-refractivity contribution >= 4 is 18.4 Å². The first-order valence-electron chi connectivity index (χ1n) is 5.58. The van der Waals surface area contributed by atoms with E-state index < -0.39 is 0 Å². The van der Waals surface area contributed by atoms with Gasteiger partial charge >= 0.3 is 5.97 Å². The van der Waals surface area contributed by atoms with Crippen LogP contribution >= 0.6 is 12.4 Å². The maximum atomic E-state index is 10.1. The molecule has 0 saturated carbocycles. The molecule has 0 N–H and O–H groups in total. The topological polar surface area (TPSA) is 29.5 Å². The number of halogens is 1. The summed E-state index contributed by atoms with van der Waals surface area (Å²) < 4.78 is 4.43. The van der Waals surface area contributed by atoms with E-state index in [1.807, 2.05) is 6.07 Å². The lowest BCUT2D eigenvalue weighted by atomic mass is 10.2. The molecule has 0 spiro atoms. The zero-order valence-corrected chi connectivity index (χ0v) is 12.1. The van der Waals surface area contributed by atoms with Crippen LogP contribution in [0.2, 0.25) is 0 Å². The molecule has 18 heavy (non-hydrogen) atoms. The average Bonchev–Trinajstić information content (AvgIpc) is 2.30. The lowest BCUT2D eigenvalue weighted by Crippen LogP contribution is -2.10. The van der Waals surface area contributed by atoms with Crippen molar-refractivity contribution in [2.24, 2.45) is 0 Å². The summed E-state index contributed by atoms with van der Waals surface area (Å²) >= 11 is 0. The smallest absolute Gasteiger partial charge is 0.330 e. The van der Waals surface area contributed by atoms with E-state index in [2.05, 4.69) is 54.6 Å². The summed E-state index contributed by atoms with van der Waals surface area (Å²) in [5, 5.41) is 0. The predicted molar refractivity (Wildman–Crippen MR) is 77.9 cm³/mol. The molecular formula is C14H22ClNO2. The van der Waals surface area contributed by atoms with Crippen molar-refractivity contribution in [1.29, 1.82) is 0 Å². The number of hydrogen-bond donors (Lipinski definition) is 0. The fourth-order valence-electron chi connectivity index (χ4n) is 1.15. The lowest BCUT2D eigenvalue weighted by Gasteiger charge is -2.08. The molecule has 102 valence electrons. The van der Waals surface area contributed by atoms with Gasteiger partial charge < -0.3 is 9.64 Å². The Hall–Kier alpha value is -1.32. The molecule has 1 aromatic carbocycles. The van der Waals surface area contributed by atoms with Gasteiger partial charge in [-0.05, 0) is 26.6 Å². The van der Waals surface area contributed by atoms with E-state index in [4.69, 9.17) is 0 Å². The highest BCUT2D eigenvalue weighted by atomic mass is 35.5. The highest BCUT2D eigenvalue weighted by Crippen LogP contribution is 1.99. The molecular weight excluding hydrogens is 250 g/mol. The first kappa shape index (κ1) is 19.0. The second kappa shape index (κ2) is 12.1. The van der Waals surface area contributed by atoms with Gasteiger partial charge in [0, 0.05) is 12.6 Å². The van der Waals surface area contributed by atoms with Crippen LogP contribution in [0.25, 0.3) is 0 Å². The first-order valence-corrected chi connectivity index (χ1v) is 5.58. The van der Waals surface area contributed by atoms with E-state index in [0.717, 1.165) is 12.6 Å². The van der Waals surface area contributed by atoms with Gasteiger partial charge in [0.2, 0.25) is 0 Å². The highest BCUT2D eigenvalue weighted by Gasteiger charge is 1.90. The van der Waals surface area contributed by atoms with Crippen molar-refractivity contribution in [2.75, 3.05) is 20.7 Å². The van der Waals surface area contributed by atoms with Crippen molar-refractivity contribution < 1.29 is 9.53 Å². The Labute approximate surface area is 116 Å². The molecule has 3 nitrogen and oxygen atoms in total. The molecule has 0 aliphatic rings. The van der Waals surface area contributed by atoms with Gasteiger partial charge in [0.1, 0.15) is 0 Å². The number of carbonyl (C=O) groups is 1. The van der Waals surface area contributed by atoms with Crippen LogP contribution in [0.4, 0.5) is 0 Å². The van der Waals surface area contributed by atoms with Crippen molar-refractivity contribution in [3.63, 3.8) is 0 Å². The largest absolute Gasteiger partial charge is 0.463 e. The van der Waals surface area contributed by atoms with Crippen molar-refractivity contribution in [1.82, 2.24) is 4.90 Å². The minimum Gasteiger partial charge on any atom is -0.463 e. The van der Waals surface area contributed by atoms with E-state index in [-0.39, 0.29) is 18.4 Å². The van der Waals surface area contributed by atoms with Gasteiger partial charge in [-0.25, -0.2) is 4.79 Å². The number of nitrogens with zero attached hydrogens (tertiary/aromatic N) is 1. The number of carbonyl (C=O) groups excluding carboxylic acids is 1. The highest BCUT2D eigenvalue weighted by molar-refractivity contribution is 5.85. The van der Waals surface area contributed by atoms with Crippen molar-refractivity contribution in [2.45, 2.75) is 13.5 Å². The molecule has 0 bridgehead atoms. The number of rotatable bonds is 4. The second-order valence-electron chi connectivity index (χ2n) is 3.68. The van der Waals surface area contributed by atoms with E-state index in [1.165, 1.54) is 5.56 Å². The number of benzene rings is 1. The third kappa shape index (κ3) is 11.2. The normalized spacial score (nSPS) is 8.67. The third-order valence-electron chi connectivity index (χ3n) is 1.79. The average molecular weight is 272 g/mol. The van der Waals surface area contributed by atoms with Crippen LogP contribution in [-0.2, 0) is 16.1 Å². The number of hydrogen-bond acceptors (Lipinski definition) is 3. The van der Waals surface area contributed by atoms with Crippen LogP contribution in [0.15, 0.2) is 43.0 Å². The van der Waals surface area contributed by atoms with Crippen LogP contribution in [0.5, 0.6) is 0 Å².